The Kier molecular flexibility index (Phi) is 9.20. The number of fused-ring (bicyclic) bond motifs is 1. The average Bonchev–Trinajstić information content (AvgIpc) is 2.76. The van der Waals surface area contributed by atoms with Crippen molar-refractivity contribution in [2.24, 2.45) is 5.92 Å². The molecule has 0 amide bonds. The van der Waals surface area contributed by atoms with E-state index < -0.39 is 0 Å². The van der Waals surface area contributed by atoms with E-state index in [2.05, 4.69) is 48.3 Å². The summed E-state index contributed by atoms with van der Waals surface area (Å²) in [6, 6.07) is 8.41. The lowest BCUT2D eigenvalue weighted by molar-refractivity contribution is 0.198. The Balaban J connectivity index is 1.65. The first kappa shape index (κ1) is 22.0. The van der Waals surface area contributed by atoms with Crippen LogP contribution in [-0.2, 0) is 6.54 Å². The first-order valence-corrected chi connectivity index (χ1v) is 12.0. The smallest absolute Gasteiger partial charge is 0.145 e. The second-order valence-corrected chi connectivity index (χ2v) is 8.68. The lowest BCUT2D eigenvalue weighted by Crippen LogP contribution is -2.31. The number of anilines is 1. The highest BCUT2D eigenvalue weighted by atomic mass is 15.2. The molecule has 29 heavy (non-hydrogen) atoms. The summed E-state index contributed by atoms with van der Waals surface area (Å²) in [6.07, 6.45) is 13.5. The van der Waals surface area contributed by atoms with Gasteiger partial charge in [-0.15, -0.1) is 0 Å². The molecule has 0 radical (unpaired) electrons. The Morgan fingerprint density at radius 1 is 0.966 bits per heavy atom. The topological polar surface area (TPSA) is 41.1 Å². The highest BCUT2D eigenvalue weighted by Crippen LogP contribution is 2.25. The van der Waals surface area contributed by atoms with Crippen LogP contribution in [0.1, 0.15) is 83.9 Å². The molecule has 1 saturated carbocycles. The van der Waals surface area contributed by atoms with Crippen molar-refractivity contribution in [2.45, 2.75) is 84.6 Å². The summed E-state index contributed by atoms with van der Waals surface area (Å²) >= 11 is 0. The summed E-state index contributed by atoms with van der Waals surface area (Å²) in [5, 5.41) is 4.75. The van der Waals surface area contributed by atoms with Crippen LogP contribution in [0.2, 0.25) is 0 Å². The Hall–Kier alpha value is -1.68. The van der Waals surface area contributed by atoms with Crippen LogP contribution in [0.3, 0.4) is 0 Å². The Morgan fingerprint density at radius 2 is 1.76 bits per heavy atom. The number of nitrogens with one attached hydrogen (secondary N) is 1. The van der Waals surface area contributed by atoms with Crippen LogP contribution in [0.25, 0.3) is 10.9 Å². The van der Waals surface area contributed by atoms with Gasteiger partial charge in [0.1, 0.15) is 11.6 Å². The molecule has 4 nitrogen and oxygen atoms in total. The first-order chi connectivity index (χ1) is 14.3. The first-order valence-electron chi connectivity index (χ1n) is 12.0. The third-order valence-corrected chi connectivity index (χ3v) is 6.28. The number of unbranched alkanes of at least 4 members (excludes halogenated alkanes) is 4. The molecule has 0 saturated heterocycles. The summed E-state index contributed by atoms with van der Waals surface area (Å²) in [6.45, 7) is 8.62. The predicted molar refractivity (Wildman–Crippen MR) is 124 cm³/mol. The Bertz CT molecular complexity index is 724. The normalized spacial score (nSPS) is 15.3. The van der Waals surface area contributed by atoms with Crippen LogP contribution in [0.4, 0.5) is 5.82 Å². The van der Waals surface area contributed by atoms with Gasteiger partial charge in [-0.3, -0.25) is 4.90 Å². The molecule has 1 N–H and O–H groups in total. The molecular weight excluding hydrogens is 356 g/mol. The molecule has 2 aromatic rings. The van der Waals surface area contributed by atoms with Gasteiger partial charge in [0.15, 0.2) is 0 Å². The van der Waals surface area contributed by atoms with E-state index in [4.69, 9.17) is 9.97 Å². The van der Waals surface area contributed by atoms with Gasteiger partial charge in [-0.2, -0.15) is 0 Å². The molecule has 1 aliphatic rings. The van der Waals surface area contributed by atoms with E-state index in [1.165, 1.54) is 70.8 Å². The standard InChI is InChI=1S/C25H40N4/c1-3-5-6-7-13-18-26-25-22-16-11-12-17-23(22)27-24(28-25)20-29(4-2)19-21-14-9-8-10-15-21/h11-12,16-17,21H,3-10,13-15,18-20H2,1-2H3,(H,26,27,28). The van der Waals surface area contributed by atoms with Crippen molar-refractivity contribution in [3.05, 3.63) is 30.1 Å². The molecule has 0 unspecified atom stereocenters. The van der Waals surface area contributed by atoms with Gasteiger partial charge in [-0.1, -0.05) is 70.9 Å². The maximum atomic E-state index is 4.95. The third kappa shape index (κ3) is 6.95. The van der Waals surface area contributed by atoms with E-state index in [-0.39, 0.29) is 0 Å². The van der Waals surface area contributed by atoms with Crippen LogP contribution < -0.4 is 5.32 Å². The number of nitrogens with zero attached hydrogens (tertiary/aromatic N) is 3. The number of aromatic nitrogens is 2. The third-order valence-electron chi connectivity index (χ3n) is 6.28. The second kappa shape index (κ2) is 12.1. The van der Waals surface area contributed by atoms with Crippen molar-refractivity contribution in [1.29, 1.82) is 0 Å². The van der Waals surface area contributed by atoms with Crippen molar-refractivity contribution in [3.8, 4) is 0 Å². The van der Waals surface area contributed by atoms with E-state index in [1.807, 2.05) is 0 Å². The number of hydrogen-bond donors (Lipinski definition) is 1. The van der Waals surface area contributed by atoms with Gasteiger partial charge < -0.3 is 5.32 Å². The van der Waals surface area contributed by atoms with Crippen molar-refractivity contribution in [1.82, 2.24) is 14.9 Å². The molecule has 1 fully saturated rings. The summed E-state index contributed by atoms with van der Waals surface area (Å²) in [7, 11) is 0. The predicted octanol–water partition coefficient (Wildman–Crippen LogP) is 6.41. The highest BCUT2D eigenvalue weighted by Gasteiger charge is 2.18. The quantitative estimate of drug-likeness (QED) is 0.421. The molecule has 1 aromatic heterocycles. The van der Waals surface area contributed by atoms with Gasteiger partial charge >= 0.3 is 0 Å². The monoisotopic (exact) mass is 396 g/mol. The van der Waals surface area contributed by atoms with Gasteiger partial charge in [0.2, 0.25) is 0 Å². The summed E-state index contributed by atoms with van der Waals surface area (Å²) in [5.41, 5.74) is 1.06. The van der Waals surface area contributed by atoms with Crippen LogP contribution in [-0.4, -0.2) is 34.5 Å². The fraction of sp³-hybridized carbons (Fsp3) is 0.680. The van der Waals surface area contributed by atoms with Gasteiger partial charge in [-0.05, 0) is 43.9 Å². The van der Waals surface area contributed by atoms with Crippen LogP contribution in [0, 0.1) is 5.92 Å². The number of hydrogen-bond acceptors (Lipinski definition) is 4. The molecule has 1 aliphatic carbocycles. The van der Waals surface area contributed by atoms with E-state index in [0.29, 0.717) is 0 Å². The van der Waals surface area contributed by atoms with Gasteiger partial charge in [0.25, 0.3) is 0 Å². The van der Waals surface area contributed by atoms with Crippen molar-refractivity contribution >= 4 is 16.7 Å². The Labute approximate surface area is 177 Å². The largest absolute Gasteiger partial charge is 0.369 e. The number of para-hydroxylation sites is 1. The van der Waals surface area contributed by atoms with Gasteiger partial charge in [-0.25, -0.2) is 9.97 Å². The Morgan fingerprint density at radius 3 is 2.55 bits per heavy atom. The van der Waals surface area contributed by atoms with Crippen molar-refractivity contribution < 1.29 is 0 Å². The minimum Gasteiger partial charge on any atom is -0.369 e. The maximum Gasteiger partial charge on any atom is 0.145 e. The molecule has 4 heteroatoms. The lowest BCUT2D eigenvalue weighted by atomic mass is 9.89. The molecule has 3 rings (SSSR count). The minimum atomic E-state index is 0.850. The lowest BCUT2D eigenvalue weighted by Gasteiger charge is -2.28. The molecule has 0 aliphatic heterocycles. The SMILES string of the molecule is CCCCCCCNc1nc(CN(CC)CC2CCCCC2)nc2ccccc12. The fourth-order valence-electron chi connectivity index (χ4n) is 4.51. The molecule has 1 aromatic carbocycles. The maximum absolute atomic E-state index is 4.95. The van der Waals surface area contributed by atoms with E-state index in [1.54, 1.807) is 0 Å². The summed E-state index contributed by atoms with van der Waals surface area (Å²) in [5.74, 6) is 2.81. The molecule has 0 atom stereocenters. The second-order valence-electron chi connectivity index (χ2n) is 8.68. The van der Waals surface area contributed by atoms with Crippen LogP contribution in [0.15, 0.2) is 24.3 Å². The fourth-order valence-corrected chi connectivity index (χ4v) is 4.51. The summed E-state index contributed by atoms with van der Waals surface area (Å²) < 4.78 is 0. The van der Waals surface area contributed by atoms with Crippen molar-refractivity contribution in [3.63, 3.8) is 0 Å². The molecule has 1 heterocycles. The number of rotatable bonds is 12. The van der Waals surface area contributed by atoms with E-state index >= 15 is 0 Å². The minimum absolute atomic E-state index is 0.850. The molecule has 0 bridgehead atoms. The molecule has 0 spiro atoms. The average molecular weight is 397 g/mol. The molecular formula is C25H40N4. The summed E-state index contributed by atoms with van der Waals surface area (Å²) in [4.78, 5) is 12.4. The van der Waals surface area contributed by atoms with Crippen LogP contribution in [0.5, 0.6) is 0 Å². The zero-order chi connectivity index (χ0) is 20.3. The van der Waals surface area contributed by atoms with E-state index in [0.717, 1.165) is 48.1 Å². The van der Waals surface area contributed by atoms with Crippen molar-refractivity contribution in [2.75, 3.05) is 25.0 Å². The van der Waals surface area contributed by atoms with Gasteiger partial charge in [0, 0.05) is 18.5 Å². The molecule has 160 valence electrons. The van der Waals surface area contributed by atoms with E-state index in [9.17, 15) is 0 Å². The zero-order valence-electron chi connectivity index (χ0n) is 18.6. The highest BCUT2D eigenvalue weighted by molar-refractivity contribution is 5.88. The zero-order valence-corrected chi connectivity index (χ0v) is 18.6. The van der Waals surface area contributed by atoms with Crippen LogP contribution >= 0.6 is 0 Å². The number of benzene rings is 1. The van der Waals surface area contributed by atoms with Gasteiger partial charge in [0.05, 0.1) is 12.1 Å².